The number of imide groups is 1. The quantitative estimate of drug-likeness (QED) is 0.732. The molecule has 1 unspecified atom stereocenters. The van der Waals surface area contributed by atoms with E-state index in [1.807, 2.05) is 25.1 Å². The number of benzene rings is 1. The highest BCUT2D eigenvalue weighted by atomic mass is 16.3. The molecule has 2 fully saturated rings. The normalized spacial score (nSPS) is 21.4. The molecule has 2 aromatic rings. The van der Waals surface area contributed by atoms with Crippen LogP contribution in [-0.2, 0) is 15.1 Å². The van der Waals surface area contributed by atoms with Crippen molar-refractivity contribution in [2.45, 2.75) is 18.9 Å². The van der Waals surface area contributed by atoms with Gasteiger partial charge >= 0.3 is 6.03 Å². The largest absolute Gasteiger partial charge is 0.459 e. The Kier molecular flexibility index (Phi) is 5.50. The number of amides is 5. The molecule has 4 rings (SSSR count). The Hall–Kier alpha value is -3.62. The molecule has 0 spiro atoms. The minimum absolute atomic E-state index is 0.221. The van der Waals surface area contributed by atoms with E-state index in [9.17, 15) is 19.2 Å². The molecule has 0 radical (unpaired) electrons. The van der Waals surface area contributed by atoms with E-state index in [1.165, 1.54) is 6.26 Å². The van der Waals surface area contributed by atoms with Crippen LogP contribution in [0.2, 0.25) is 0 Å². The Labute approximate surface area is 179 Å². The van der Waals surface area contributed by atoms with E-state index in [2.05, 4.69) is 5.32 Å². The van der Waals surface area contributed by atoms with E-state index in [-0.39, 0.29) is 24.1 Å². The summed E-state index contributed by atoms with van der Waals surface area (Å²) in [6.07, 6.45) is 1.82. The van der Waals surface area contributed by atoms with Crippen LogP contribution in [0.1, 0.15) is 29.5 Å². The molecule has 9 nitrogen and oxygen atoms in total. The molecule has 31 heavy (non-hydrogen) atoms. The maximum atomic E-state index is 13.2. The molecule has 1 aromatic carbocycles. The number of carbonyl (C=O) groups excluding carboxylic acids is 4. The minimum Gasteiger partial charge on any atom is -0.459 e. The topological polar surface area (TPSA) is 103 Å². The number of piperazine rings is 1. The fourth-order valence-corrected chi connectivity index (χ4v) is 4.08. The number of hydrogen-bond donors (Lipinski definition) is 1. The zero-order valence-corrected chi connectivity index (χ0v) is 17.2. The first-order valence-electron chi connectivity index (χ1n) is 10.3. The molecule has 3 heterocycles. The lowest BCUT2D eigenvalue weighted by molar-refractivity contribution is -0.140. The summed E-state index contributed by atoms with van der Waals surface area (Å²) in [5.74, 6) is -0.711. The third-order valence-electron chi connectivity index (χ3n) is 5.92. The smallest absolute Gasteiger partial charge is 0.325 e. The Morgan fingerprint density at radius 3 is 2.29 bits per heavy atom. The van der Waals surface area contributed by atoms with Crippen molar-refractivity contribution in [3.63, 3.8) is 0 Å². The van der Waals surface area contributed by atoms with Gasteiger partial charge in [-0.3, -0.25) is 19.3 Å². The fourth-order valence-electron chi connectivity index (χ4n) is 4.08. The SMILES string of the molecule is CCC1(c2ccccc2)NC(=O)N(CC(=O)N2CCN(C(=O)c3ccco3)CC2)C1=O. The molecule has 2 aliphatic rings. The third-order valence-corrected chi connectivity index (χ3v) is 5.92. The van der Waals surface area contributed by atoms with Gasteiger partial charge in [0.25, 0.3) is 11.8 Å². The van der Waals surface area contributed by atoms with Gasteiger partial charge in [-0.25, -0.2) is 4.79 Å². The number of urea groups is 1. The van der Waals surface area contributed by atoms with Gasteiger partial charge in [-0.15, -0.1) is 0 Å². The van der Waals surface area contributed by atoms with Crippen molar-refractivity contribution in [2.24, 2.45) is 0 Å². The first-order chi connectivity index (χ1) is 15.0. The van der Waals surface area contributed by atoms with Crippen molar-refractivity contribution in [1.82, 2.24) is 20.0 Å². The predicted molar refractivity (Wildman–Crippen MR) is 110 cm³/mol. The fraction of sp³-hybridized carbons (Fsp3) is 0.364. The lowest BCUT2D eigenvalue weighted by atomic mass is 9.87. The molecule has 5 amide bonds. The molecule has 0 saturated carbocycles. The number of rotatable bonds is 5. The second-order valence-corrected chi connectivity index (χ2v) is 7.60. The Balaban J connectivity index is 1.39. The van der Waals surface area contributed by atoms with Crippen molar-refractivity contribution in [1.29, 1.82) is 0 Å². The summed E-state index contributed by atoms with van der Waals surface area (Å²) in [6.45, 7) is 2.86. The van der Waals surface area contributed by atoms with E-state index in [4.69, 9.17) is 4.42 Å². The van der Waals surface area contributed by atoms with Crippen molar-refractivity contribution >= 4 is 23.8 Å². The molecule has 1 N–H and O–H groups in total. The number of nitrogens with one attached hydrogen (secondary N) is 1. The van der Waals surface area contributed by atoms with Gasteiger partial charge in [-0.2, -0.15) is 0 Å². The van der Waals surface area contributed by atoms with Gasteiger partial charge in [0.05, 0.1) is 6.26 Å². The van der Waals surface area contributed by atoms with Crippen molar-refractivity contribution < 1.29 is 23.6 Å². The summed E-state index contributed by atoms with van der Waals surface area (Å²) in [6, 6.07) is 11.7. The lowest BCUT2D eigenvalue weighted by Gasteiger charge is -2.35. The summed E-state index contributed by atoms with van der Waals surface area (Å²) in [7, 11) is 0. The molecular weight excluding hydrogens is 400 g/mol. The standard InChI is InChI=1S/C22H24N4O5/c1-2-22(16-7-4-3-5-8-16)20(29)26(21(30)23-22)15-18(27)24-10-12-25(13-11-24)19(28)17-9-6-14-31-17/h3-9,14H,2,10-13,15H2,1H3,(H,23,30). The van der Waals surface area contributed by atoms with Crippen LogP contribution in [0.25, 0.3) is 0 Å². The molecule has 1 atom stereocenters. The first-order valence-corrected chi connectivity index (χ1v) is 10.3. The summed E-state index contributed by atoms with van der Waals surface area (Å²) in [5.41, 5.74) is -0.469. The first kappa shape index (κ1) is 20.6. The van der Waals surface area contributed by atoms with Gasteiger partial charge in [0.15, 0.2) is 5.76 Å². The van der Waals surface area contributed by atoms with Gasteiger partial charge in [-0.05, 0) is 24.1 Å². The summed E-state index contributed by atoms with van der Waals surface area (Å²) in [5, 5.41) is 2.78. The summed E-state index contributed by atoms with van der Waals surface area (Å²) < 4.78 is 5.14. The maximum absolute atomic E-state index is 13.2. The highest BCUT2D eigenvalue weighted by Gasteiger charge is 2.51. The molecule has 2 aliphatic heterocycles. The van der Waals surface area contributed by atoms with Crippen molar-refractivity contribution in [3.05, 3.63) is 60.1 Å². The van der Waals surface area contributed by atoms with Crippen LogP contribution < -0.4 is 5.32 Å². The number of furan rings is 1. The maximum Gasteiger partial charge on any atom is 0.325 e. The van der Waals surface area contributed by atoms with Gasteiger partial charge in [0.2, 0.25) is 5.91 Å². The number of carbonyl (C=O) groups is 4. The molecule has 2 saturated heterocycles. The molecule has 0 aliphatic carbocycles. The van der Waals surface area contributed by atoms with Crippen LogP contribution in [0.3, 0.4) is 0 Å². The van der Waals surface area contributed by atoms with E-state index in [0.717, 1.165) is 4.90 Å². The average molecular weight is 424 g/mol. The highest BCUT2D eigenvalue weighted by molar-refractivity contribution is 6.09. The molecule has 162 valence electrons. The summed E-state index contributed by atoms with van der Waals surface area (Å²) in [4.78, 5) is 55.1. The predicted octanol–water partition coefficient (Wildman–Crippen LogP) is 1.42. The third kappa shape index (κ3) is 3.67. The van der Waals surface area contributed by atoms with Gasteiger partial charge in [-0.1, -0.05) is 37.3 Å². The van der Waals surface area contributed by atoms with E-state index in [0.29, 0.717) is 38.2 Å². The van der Waals surface area contributed by atoms with E-state index < -0.39 is 17.5 Å². The second kappa shape index (κ2) is 8.25. The molecule has 1 aromatic heterocycles. The van der Waals surface area contributed by atoms with E-state index >= 15 is 0 Å². The average Bonchev–Trinajstić information content (AvgIpc) is 3.42. The molecule has 0 bridgehead atoms. The van der Waals surface area contributed by atoms with Gasteiger partial charge in [0.1, 0.15) is 12.1 Å². The Bertz CT molecular complexity index is 983. The molecule has 9 heteroatoms. The minimum atomic E-state index is -1.16. The van der Waals surface area contributed by atoms with Crippen molar-refractivity contribution in [2.75, 3.05) is 32.7 Å². The Morgan fingerprint density at radius 1 is 1.00 bits per heavy atom. The second-order valence-electron chi connectivity index (χ2n) is 7.60. The number of nitrogens with zero attached hydrogens (tertiary/aromatic N) is 3. The van der Waals surface area contributed by atoms with Crippen LogP contribution >= 0.6 is 0 Å². The van der Waals surface area contributed by atoms with Crippen molar-refractivity contribution in [3.8, 4) is 0 Å². The zero-order chi connectivity index (χ0) is 22.0. The van der Waals surface area contributed by atoms with Crippen LogP contribution in [0.4, 0.5) is 4.79 Å². The van der Waals surface area contributed by atoms with Gasteiger partial charge < -0.3 is 19.5 Å². The zero-order valence-electron chi connectivity index (χ0n) is 17.2. The van der Waals surface area contributed by atoms with Crippen LogP contribution in [-0.4, -0.2) is 71.2 Å². The number of hydrogen-bond acceptors (Lipinski definition) is 5. The van der Waals surface area contributed by atoms with Crippen LogP contribution in [0, 0.1) is 0 Å². The lowest BCUT2D eigenvalue weighted by Crippen LogP contribution is -2.53. The highest BCUT2D eigenvalue weighted by Crippen LogP contribution is 2.32. The monoisotopic (exact) mass is 424 g/mol. The Morgan fingerprint density at radius 2 is 1.68 bits per heavy atom. The molecular formula is C22H24N4O5. The van der Waals surface area contributed by atoms with Gasteiger partial charge in [0, 0.05) is 26.2 Å². The summed E-state index contributed by atoms with van der Waals surface area (Å²) >= 11 is 0. The van der Waals surface area contributed by atoms with Crippen LogP contribution in [0.5, 0.6) is 0 Å². The van der Waals surface area contributed by atoms with Crippen LogP contribution in [0.15, 0.2) is 53.1 Å². The van der Waals surface area contributed by atoms with E-state index in [1.54, 1.807) is 34.1 Å².